The monoisotopic (exact) mass is 446 g/mol. The van der Waals surface area contributed by atoms with Crippen LogP contribution in [-0.4, -0.2) is 0 Å². The van der Waals surface area contributed by atoms with Gasteiger partial charge in [-0.25, -0.2) is 8.78 Å². The molecule has 0 spiro atoms. The molecule has 2 atom stereocenters. The van der Waals surface area contributed by atoms with Crippen LogP contribution in [0.4, 0.5) is 8.78 Å². The van der Waals surface area contributed by atoms with Gasteiger partial charge in [-0.3, -0.25) is 0 Å². The van der Waals surface area contributed by atoms with Gasteiger partial charge in [-0.2, -0.15) is 0 Å². The highest BCUT2D eigenvalue weighted by Crippen LogP contribution is 2.35. The Morgan fingerprint density at radius 2 is 1.31 bits per heavy atom. The summed E-state index contributed by atoms with van der Waals surface area (Å²) in [4.78, 5) is 0. The van der Waals surface area contributed by atoms with Crippen molar-refractivity contribution in [3.05, 3.63) is 142 Å². The van der Waals surface area contributed by atoms with Gasteiger partial charge in [-0.05, 0) is 77.6 Å². The highest BCUT2D eigenvalue weighted by Gasteiger charge is 2.26. The predicted molar refractivity (Wildman–Crippen MR) is 128 cm³/mol. The van der Waals surface area contributed by atoms with E-state index in [1.54, 1.807) is 18.2 Å². The average Bonchev–Trinajstić information content (AvgIpc) is 2.80. The minimum absolute atomic E-state index is 0.0485. The molecule has 3 heteroatoms. The molecular weight excluding hydrogens is 422 g/mol. The molecule has 0 amide bonds. The summed E-state index contributed by atoms with van der Waals surface area (Å²) in [6, 6.07) is 31.7. The van der Waals surface area contributed by atoms with Crippen LogP contribution in [0.2, 0.25) is 5.02 Å². The van der Waals surface area contributed by atoms with Gasteiger partial charge in [0.05, 0.1) is 0 Å². The van der Waals surface area contributed by atoms with Gasteiger partial charge in [0, 0.05) is 5.02 Å². The van der Waals surface area contributed by atoms with E-state index in [0.717, 1.165) is 22.6 Å². The molecule has 4 aromatic rings. The van der Waals surface area contributed by atoms with E-state index in [1.165, 1.54) is 17.7 Å². The Morgan fingerprint density at radius 3 is 2.03 bits per heavy atom. The second kappa shape index (κ2) is 10.6. The molecule has 0 N–H and O–H groups in total. The van der Waals surface area contributed by atoms with Crippen LogP contribution in [0.15, 0.2) is 103 Å². The number of hydrogen-bond donors (Lipinski definition) is 0. The zero-order chi connectivity index (χ0) is 22.3. The Labute approximate surface area is 193 Å². The van der Waals surface area contributed by atoms with Gasteiger partial charge < -0.3 is 0 Å². The van der Waals surface area contributed by atoms with E-state index in [2.05, 4.69) is 12.1 Å². The van der Waals surface area contributed by atoms with Crippen molar-refractivity contribution in [1.29, 1.82) is 0 Å². The Kier molecular flexibility index (Phi) is 7.34. The first-order valence-corrected chi connectivity index (χ1v) is 11.2. The second-order valence-electron chi connectivity index (χ2n) is 8.20. The average molecular weight is 447 g/mol. The first-order valence-electron chi connectivity index (χ1n) is 10.9. The molecule has 162 valence electrons. The lowest BCUT2D eigenvalue weighted by Crippen LogP contribution is -2.21. The molecule has 32 heavy (non-hydrogen) atoms. The fourth-order valence-electron chi connectivity index (χ4n) is 4.43. The molecule has 0 radical (unpaired) electrons. The molecule has 0 bridgehead atoms. The Bertz CT molecular complexity index is 1160. The summed E-state index contributed by atoms with van der Waals surface area (Å²) in [5.41, 5.74) is 3.81. The summed E-state index contributed by atoms with van der Waals surface area (Å²) in [5.74, 6) is -0.331. The van der Waals surface area contributed by atoms with Crippen molar-refractivity contribution < 1.29 is 8.78 Å². The van der Waals surface area contributed by atoms with Crippen LogP contribution in [0.25, 0.3) is 0 Å². The third-order valence-electron chi connectivity index (χ3n) is 6.02. The molecule has 0 aromatic heterocycles. The van der Waals surface area contributed by atoms with E-state index in [4.69, 9.17) is 11.6 Å². The summed E-state index contributed by atoms with van der Waals surface area (Å²) in [6.07, 6.45) is 1.90. The van der Waals surface area contributed by atoms with Crippen LogP contribution in [-0.2, 0) is 19.3 Å². The fraction of sp³-hybridized carbons (Fsp3) is 0.172. The minimum Gasteiger partial charge on any atom is -0.207 e. The van der Waals surface area contributed by atoms with Crippen molar-refractivity contribution >= 4 is 11.6 Å². The van der Waals surface area contributed by atoms with Gasteiger partial charge in [0.2, 0.25) is 0 Å². The van der Waals surface area contributed by atoms with Crippen LogP contribution in [0.5, 0.6) is 0 Å². The van der Waals surface area contributed by atoms with Crippen molar-refractivity contribution in [2.75, 3.05) is 0 Å². The van der Waals surface area contributed by atoms with Gasteiger partial charge in [0.25, 0.3) is 0 Å². The Hall–Kier alpha value is -2.97. The Morgan fingerprint density at radius 1 is 0.625 bits per heavy atom. The molecule has 4 aromatic carbocycles. The van der Waals surface area contributed by atoms with Crippen molar-refractivity contribution in [1.82, 2.24) is 0 Å². The number of halogens is 3. The first kappa shape index (κ1) is 22.2. The molecule has 0 aliphatic carbocycles. The quantitative estimate of drug-likeness (QED) is 0.257. The maximum absolute atomic E-state index is 14.6. The van der Waals surface area contributed by atoms with Crippen molar-refractivity contribution in [2.45, 2.75) is 25.2 Å². The maximum atomic E-state index is 14.6. The molecule has 0 fully saturated rings. The molecule has 0 aliphatic heterocycles. The number of benzene rings is 4. The van der Waals surface area contributed by atoms with E-state index in [9.17, 15) is 8.78 Å². The van der Waals surface area contributed by atoms with Gasteiger partial charge >= 0.3 is 0 Å². The SMILES string of the molecule is Fc1cccc(CC(Cc2ccccc2F)C(Cc2ccccc2Cl)c2ccccc2)c1. The zero-order valence-electron chi connectivity index (χ0n) is 17.7. The van der Waals surface area contributed by atoms with E-state index < -0.39 is 0 Å². The predicted octanol–water partition coefficient (Wildman–Crippen LogP) is 8.05. The van der Waals surface area contributed by atoms with Crippen LogP contribution in [0.3, 0.4) is 0 Å². The highest BCUT2D eigenvalue weighted by atomic mass is 35.5. The second-order valence-corrected chi connectivity index (χ2v) is 8.61. The van der Waals surface area contributed by atoms with E-state index in [0.29, 0.717) is 18.4 Å². The third kappa shape index (κ3) is 5.63. The smallest absolute Gasteiger partial charge is 0.126 e. The van der Waals surface area contributed by atoms with Gasteiger partial charge in [-0.1, -0.05) is 90.5 Å². The van der Waals surface area contributed by atoms with Crippen molar-refractivity contribution in [2.24, 2.45) is 5.92 Å². The van der Waals surface area contributed by atoms with Crippen molar-refractivity contribution in [3.63, 3.8) is 0 Å². The molecule has 0 aliphatic rings. The molecule has 2 unspecified atom stereocenters. The molecule has 0 saturated carbocycles. The summed E-state index contributed by atoms with van der Waals surface area (Å²) in [6.45, 7) is 0. The van der Waals surface area contributed by atoms with Gasteiger partial charge in [-0.15, -0.1) is 0 Å². The van der Waals surface area contributed by atoms with Crippen LogP contribution >= 0.6 is 11.6 Å². The number of hydrogen-bond acceptors (Lipinski definition) is 0. The van der Waals surface area contributed by atoms with E-state index in [-0.39, 0.29) is 23.5 Å². The molecule has 0 nitrogen and oxygen atoms in total. The largest absolute Gasteiger partial charge is 0.207 e. The highest BCUT2D eigenvalue weighted by molar-refractivity contribution is 6.31. The van der Waals surface area contributed by atoms with Crippen LogP contribution in [0, 0.1) is 17.6 Å². The van der Waals surface area contributed by atoms with Crippen LogP contribution < -0.4 is 0 Å². The fourth-order valence-corrected chi connectivity index (χ4v) is 4.64. The zero-order valence-corrected chi connectivity index (χ0v) is 18.5. The summed E-state index contributed by atoms with van der Waals surface area (Å²) in [5, 5.41) is 0.726. The van der Waals surface area contributed by atoms with E-state index >= 15 is 0 Å². The number of rotatable bonds is 8. The molecule has 0 heterocycles. The summed E-state index contributed by atoms with van der Waals surface area (Å²) in [7, 11) is 0. The topological polar surface area (TPSA) is 0 Å². The Balaban J connectivity index is 1.75. The third-order valence-corrected chi connectivity index (χ3v) is 6.39. The maximum Gasteiger partial charge on any atom is 0.126 e. The lowest BCUT2D eigenvalue weighted by molar-refractivity contribution is 0.406. The summed E-state index contributed by atoms with van der Waals surface area (Å²) >= 11 is 6.52. The standard InChI is InChI=1S/C29H25ClF2/c30-28-15-6-4-12-23(28)20-27(22-10-2-1-3-11-22)25(17-21-9-8-14-26(31)18-21)19-24-13-5-7-16-29(24)32/h1-16,18,25,27H,17,19-20H2. The minimum atomic E-state index is -0.255. The lowest BCUT2D eigenvalue weighted by Gasteiger charge is -2.29. The summed E-state index contributed by atoms with van der Waals surface area (Å²) < 4.78 is 28.6. The first-order chi connectivity index (χ1) is 15.6. The molecule has 4 rings (SSSR count). The normalized spacial score (nSPS) is 13.0. The van der Waals surface area contributed by atoms with Crippen LogP contribution in [0.1, 0.15) is 28.2 Å². The molecular formula is C29H25ClF2. The molecule has 0 saturated heterocycles. The lowest BCUT2D eigenvalue weighted by atomic mass is 9.75. The van der Waals surface area contributed by atoms with Crippen molar-refractivity contribution in [3.8, 4) is 0 Å². The van der Waals surface area contributed by atoms with Gasteiger partial charge in [0.15, 0.2) is 0 Å². The van der Waals surface area contributed by atoms with Gasteiger partial charge in [0.1, 0.15) is 11.6 Å². The van der Waals surface area contributed by atoms with E-state index in [1.807, 2.05) is 60.7 Å².